The van der Waals surface area contributed by atoms with Crippen LogP contribution in [0.4, 0.5) is 13.2 Å². The molecule has 0 spiro atoms. The van der Waals surface area contributed by atoms with Gasteiger partial charge in [0.05, 0.1) is 0 Å². The van der Waals surface area contributed by atoms with E-state index in [9.17, 15) is 27.6 Å². The molecule has 108 valence electrons. The van der Waals surface area contributed by atoms with Crippen LogP contribution in [0.3, 0.4) is 0 Å². The quantitative estimate of drug-likeness (QED) is 0.583. The zero-order chi connectivity index (χ0) is 15.2. The SMILES string of the molecule is C/C(=C/C(=O)C(F)(F)F)N[C@@H](CCC(N)=O)C(=O)O. The lowest BCUT2D eigenvalue weighted by atomic mass is 10.1. The van der Waals surface area contributed by atoms with E-state index < -0.39 is 29.9 Å². The highest BCUT2D eigenvalue weighted by atomic mass is 19.4. The van der Waals surface area contributed by atoms with Crippen LogP contribution in [0.15, 0.2) is 11.8 Å². The fraction of sp³-hybridized carbons (Fsp3) is 0.500. The van der Waals surface area contributed by atoms with Crippen molar-refractivity contribution in [2.75, 3.05) is 0 Å². The van der Waals surface area contributed by atoms with Gasteiger partial charge in [-0.1, -0.05) is 0 Å². The molecule has 1 atom stereocenters. The molecule has 0 unspecified atom stereocenters. The van der Waals surface area contributed by atoms with Crippen molar-refractivity contribution in [1.29, 1.82) is 0 Å². The van der Waals surface area contributed by atoms with E-state index in [1.54, 1.807) is 0 Å². The summed E-state index contributed by atoms with van der Waals surface area (Å²) in [7, 11) is 0. The lowest BCUT2D eigenvalue weighted by Gasteiger charge is -2.15. The van der Waals surface area contributed by atoms with E-state index >= 15 is 0 Å². The van der Waals surface area contributed by atoms with Crippen molar-refractivity contribution >= 4 is 17.7 Å². The van der Waals surface area contributed by atoms with Crippen LogP contribution in [0.25, 0.3) is 0 Å². The van der Waals surface area contributed by atoms with Gasteiger partial charge in [-0.25, -0.2) is 4.79 Å². The van der Waals surface area contributed by atoms with Crippen molar-refractivity contribution in [2.45, 2.75) is 32.0 Å². The summed E-state index contributed by atoms with van der Waals surface area (Å²) in [5.41, 5.74) is 4.57. The average molecular weight is 282 g/mol. The van der Waals surface area contributed by atoms with E-state index in [4.69, 9.17) is 10.8 Å². The van der Waals surface area contributed by atoms with Gasteiger partial charge in [-0.3, -0.25) is 9.59 Å². The van der Waals surface area contributed by atoms with E-state index in [1.165, 1.54) is 0 Å². The van der Waals surface area contributed by atoms with Gasteiger partial charge in [-0.15, -0.1) is 0 Å². The maximum atomic E-state index is 12.0. The molecule has 0 aliphatic rings. The van der Waals surface area contributed by atoms with Crippen LogP contribution >= 0.6 is 0 Å². The zero-order valence-electron chi connectivity index (χ0n) is 9.95. The van der Waals surface area contributed by atoms with Crippen molar-refractivity contribution in [2.24, 2.45) is 5.73 Å². The number of halogens is 3. The van der Waals surface area contributed by atoms with Gasteiger partial charge in [-0.05, 0) is 13.3 Å². The molecule has 0 aromatic carbocycles. The molecule has 0 radical (unpaired) electrons. The van der Waals surface area contributed by atoms with E-state index in [2.05, 4.69) is 5.32 Å². The Balaban J connectivity index is 4.68. The number of alkyl halides is 3. The second-order valence-corrected chi connectivity index (χ2v) is 3.73. The standard InChI is InChI=1S/C10H13F3N2O4/c1-5(4-7(16)10(11,12)13)15-6(9(18)19)2-3-8(14)17/h4,6,15H,2-3H2,1H3,(H2,14,17)(H,18,19)/b5-4-/t6-/m0/s1. The number of nitrogens with two attached hydrogens (primary N) is 1. The molecule has 0 heterocycles. The lowest BCUT2D eigenvalue weighted by molar-refractivity contribution is -0.165. The molecule has 0 aromatic rings. The Kier molecular flexibility index (Phi) is 6.03. The Labute approximate surface area is 106 Å². The predicted octanol–water partition coefficient (Wildman–Crippen LogP) is 0.330. The molecule has 0 aromatic heterocycles. The molecule has 4 N–H and O–H groups in total. The fourth-order valence-corrected chi connectivity index (χ4v) is 1.14. The second-order valence-electron chi connectivity index (χ2n) is 3.73. The molecule has 0 fully saturated rings. The zero-order valence-corrected chi connectivity index (χ0v) is 9.95. The van der Waals surface area contributed by atoms with E-state index in [-0.39, 0.29) is 24.6 Å². The molecule has 0 bridgehead atoms. The number of nitrogens with one attached hydrogen (secondary N) is 1. The highest BCUT2D eigenvalue weighted by Crippen LogP contribution is 2.17. The predicted molar refractivity (Wildman–Crippen MR) is 57.8 cm³/mol. The third kappa shape index (κ3) is 7.06. The van der Waals surface area contributed by atoms with Crippen molar-refractivity contribution in [3.63, 3.8) is 0 Å². The fourth-order valence-electron chi connectivity index (χ4n) is 1.14. The number of hydrogen-bond acceptors (Lipinski definition) is 4. The number of allylic oxidation sites excluding steroid dienone is 2. The first-order valence-electron chi connectivity index (χ1n) is 5.11. The van der Waals surface area contributed by atoms with Crippen molar-refractivity contribution in [3.05, 3.63) is 11.8 Å². The first kappa shape index (κ1) is 16.9. The molecule has 19 heavy (non-hydrogen) atoms. The monoisotopic (exact) mass is 282 g/mol. The normalized spacial score (nSPS) is 13.8. The lowest BCUT2D eigenvalue weighted by Crippen LogP contribution is -2.37. The molecule has 0 saturated carbocycles. The maximum absolute atomic E-state index is 12.0. The van der Waals surface area contributed by atoms with E-state index in [0.29, 0.717) is 0 Å². The minimum atomic E-state index is -5.02. The van der Waals surface area contributed by atoms with Gasteiger partial charge in [0.2, 0.25) is 5.91 Å². The van der Waals surface area contributed by atoms with Gasteiger partial charge < -0.3 is 16.2 Å². The second kappa shape index (κ2) is 6.76. The summed E-state index contributed by atoms with van der Waals surface area (Å²) in [6.45, 7) is 1.11. The Hall–Kier alpha value is -2.06. The van der Waals surface area contributed by atoms with Crippen LogP contribution in [0, 0.1) is 0 Å². The van der Waals surface area contributed by atoms with Gasteiger partial charge in [0.15, 0.2) is 0 Å². The molecule has 0 aliphatic heterocycles. The number of carbonyl (C=O) groups excluding carboxylic acids is 2. The third-order valence-corrected chi connectivity index (χ3v) is 2.01. The van der Waals surface area contributed by atoms with Gasteiger partial charge in [0, 0.05) is 18.2 Å². The highest BCUT2D eigenvalue weighted by molar-refractivity contribution is 5.94. The van der Waals surface area contributed by atoms with Gasteiger partial charge in [0.25, 0.3) is 5.78 Å². The Morgan fingerprint density at radius 1 is 1.37 bits per heavy atom. The van der Waals surface area contributed by atoms with Gasteiger partial charge in [0.1, 0.15) is 6.04 Å². The van der Waals surface area contributed by atoms with Crippen LogP contribution in [-0.4, -0.2) is 35.0 Å². The maximum Gasteiger partial charge on any atom is 0.454 e. The molecule has 0 saturated heterocycles. The van der Waals surface area contributed by atoms with E-state index in [1.807, 2.05) is 0 Å². The number of carboxylic acid groups (broad SMARTS) is 1. The van der Waals surface area contributed by atoms with Crippen LogP contribution in [0.2, 0.25) is 0 Å². The molecule has 0 rings (SSSR count). The van der Waals surface area contributed by atoms with Gasteiger partial charge >= 0.3 is 12.1 Å². The number of ketones is 1. The van der Waals surface area contributed by atoms with Crippen LogP contribution in [0.5, 0.6) is 0 Å². The van der Waals surface area contributed by atoms with Crippen LogP contribution in [0.1, 0.15) is 19.8 Å². The summed E-state index contributed by atoms with van der Waals surface area (Å²) < 4.78 is 35.9. The van der Waals surface area contributed by atoms with Crippen LogP contribution in [-0.2, 0) is 14.4 Å². The van der Waals surface area contributed by atoms with Crippen LogP contribution < -0.4 is 11.1 Å². The molecule has 6 nitrogen and oxygen atoms in total. The Morgan fingerprint density at radius 2 is 1.89 bits per heavy atom. The van der Waals surface area contributed by atoms with Crippen molar-refractivity contribution < 1.29 is 32.7 Å². The van der Waals surface area contributed by atoms with Crippen molar-refractivity contribution in [1.82, 2.24) is 5.32 Å². The number of aliphatic carboxylic acids is 1. The number of amides is 1. The number of primary amides is 1. The van der Waals surface area contributed by atoms with Crippen molar-refractivity contribution in [3.8, 4) is 0 Å². The summed E-state index contributed by atoms with van der Waals surface area (Å²) in [5, 5.41) is 11.0. The summed E-state index contributed by atoms with van der Waals surface area (Å²) in [5.74, 6) is -4.20. The highest BCUT2D eigenvalue weighted by Gasteiger charge is 2.36. The van der Waals surface area contributed by atoms with E-state index in [0.717, 1.165) is 6.92 Å². The number of carbonyl (C=O) groups is 3. The number of rotatable bonds is 7. The molecule has 0 aliphatic carbocycles. The smallest absolute Gasteiger partial charge is 0.454 e. The van der Waals surface area contributed by atoms with Gasteiger partial charge in [-0.2, -0.15) is 13.2 Å². The number of hydrogen-bond donors (Lipinski definition) is 3. The topological polar surface area (TPSA) is 109 Å². The largest absolute Gasteiger partial charge is 0.480 e. The molecular formula is C10H13F3N2O4. The average Bonchev–Trinajstić information content (AvgIpc) is 2.21. The summed E-state index contributed by atoms with van der Waals surface area (Å²) in [6, 6.07) is -1.30. The Morgan fingerprint density at radius 3 is 2.26 bits per heavy atom. The molecule has 1 amide bonds. The first-order valence-corrected chi connectivity index (χ1v) is 5.11. The third-order valence-electron chi connectivity index (χ3n) is 2.01. The molecule has 9 heteroatoms. The number of carboxylic acids is 1. The molecular weight excluding hydrogens is 269 g/mol. The summed E-state index contributed by atoms with van der Waals surface area (Å²) in [6.07, 6.45) is -5.21. The Bertz CT molecular complexity index is 404. The minimum Gasteiger partial charge on any atom is -0.480 e. The minimum absolute atomic E-state index is 0.198. The first-order chi connectivity index (χ1) is 8.54. The summed E-state index contributed by atoms with van der Waals surface area (Å²) >= 11 is 0. The summed E-state index contributed by atoms with van der Waals surface area (Å²) in [4.78, 5) is 31.9.